The van der Waals surface area contributed by atoms with Crippen molar-refractivity contribution in [1.82, 2.24) is 14.3 Å². The van der Waals surface area contributed by atoms with E-state index in [2.05, 4.69) is 14.8 Å². The number of hydrogen-bond donors (Lipinski definition) is 2. The van der Waals surface area contributed by atoms with E-state index < -0.39 is 10.2 Å². The van der Waals surface area contributed by atoms with Crippen LogP contribution in [0.15, 0.2) is 0 Å². The summed E-state index contributed by atoms with van der Waals surface area (Å²) in [6.45, 7) is 2.55. The van der Waals surface area contributed by atoms with Crippen LogP contribution in [-0.4, -0.2) is 58.5 Å². The summed E-state index contributed by atoms with van der Waals surface area (Å²) in [5.41, 5.74) is 0. The summed E-state index contributed by atoms with van der Waals surface area (Å²) in [5.74, 6) is -0.327. The van der Waals surface area contributed by atoms with Gasteiger partial charge in [0.25, 0.3) is 10.2 Å². The molecule has 0 aromatic heterocycles. The van der Waals surface area contributed by atoms with E-state index in [1.165, 1.54) is 11.4 Å². The molecule has 0 spiro atoms. The molecule has 8 heteroatoms. The number of hydrogen-bond acceptors (Lipinski definition) is 5. The SMILES string of the molecule is COC(=O)CCCNS(=O)(=O)N1CCNCC1. The lowest BCUT2D eigenvalue weighted by molar-refractivity contribution is -0.140. The van der Waals surface area contributed by atoms with Gasteiger partial charge in [-0.05, 0) is 6.42 Å². The van der Waals surface area contributed by atoms with Gasteiger partial charge in [-0.2, -0.15) is 12.7 Å². The molecule has 0 radical (unpaired) electrons. The number of esters is 1. The van der Waals surface area contributed by atoms with Crippen LogP contribution in [0.1, 0.15) is 12.8 Å². The highest BCUT2D eigenvalue weighted by Gasteiger charge is 2.22. The average Bonchev–Trinajstić information content (AvgIpc) is 2.35. The van der Waals surface area contributed by atoms with Crippen molar-refractivity contribution in [2.75, 3.05) is 39.8 Å². The van der Waals surface area contributed by atoms with E-state index in [4.69, 9.17) is 0 Å². The molecular weight excluding hydrogens is 246 g/mol. The molecule has 100 valence electrons. The minimum absolute atomic E-state index is 0.223. The summed E-state index contributed by atoms with van der Waals surface area (Å²) < 4.78 is 31.9. The third-order valence-corrected chi connectivity index (χ3v) is 4.10. The third kappa shape index (κ3) is 4.99. The summed E-state index contributed by atoms with van der Waals surface area (Å²) >= 11 is 0. The van der Waals surface area contributed by atoms with Crippen molar-refractivity contribution in [2.45, 2.75) is 12.8 Å². The van der Waals surface area contributed by atoms with Gasteiger partial charge in [-0.3, -0.25) is 4.79 Å². The number of carbonyl (C=O) groups is 1. The smallest absolute Gasteiger partial charge is 0.305 e. The first-order valence-corrected chi connectivity index (χ1v) is 7.02. The van der Waals surface area contributed by atoms with Crippen LogP contribution < -0.4 is 10.0 Å². The fourth-order valence-corrected chi connectivity index (χ4v) is 2.76. The summed E-state index contributed by atoms with van der Waals surface area (Å²) in [4.78, 5) is 10.8. The zero-order valence-corrected chi connectivity index (χ0v) is 10.8. The number of methoxy groups -OCH3 is 1. The highest BCUT2D eigenvalue weighted by Crippen LogP contribution is 2.00. The second-order valence-electron chi connectivity index (χ2n) is 3.73. The zero-order chi connectivity index (χ0) is 12.7. The standard InChI is InChI=1S/C9H19N3O4S/c1-16-9(13)3-2-4-11-17(14,15)12-7-5-10-6-8-12/h10-11H,2-8H2,1H3. The van der Waals surface area contributed by atoms with Gasteiger partial charge >= 0.3 is 5.97 Å². The van der Waals surface area contributed by atoms with E-state index in [9.17, 15) is 13.2 Å². The molecule has 1 fully saturated rings. The molecule has 2 N–H and O–H groups in total. The van der Waals surface area contributed by atoms with Gasteiger partial charge in [0.15, 0.2) is 0 Å². The first-order valence-electron chi connectivity index (χ1n) is 5.58. The predicted molar refractivity (Wildman–Crippen MR) is 62.6 cm³/mol. The Morgan fingerprint density at radius 1 is 1.41 bits per heavy atom. The van der Waals surface area contributed by atoms with Crippen molar-refractivity contribution in [3.63, 3.8) is 0 Å². The third-order valence-electron chi connectivity index (χ3n) is 2.49. The Hall–Kier alpha value is -0.700. The van der Waals surface area contributed by atoms with Crippen LogP contribution in [0.3, 0.4) is 0 Å². The van der Waals surface area contributed by atoms with Crippen LogP contribution in [0.5, 0.6) is 0 Å². The summed E-state index contributed by atoms with van der Waals surface area (Å²) in [5, 5.41) is 3.08. The summed E-state index contributed by atoms with van der Waals surface area (Å²) in [7, 11) is -2.08. The quantitative estimate of drug-likeness (QED) is 0.459. The van der Waals surface area contributed by atoms with Crippen molar-refractivity contribution < 1.29 is 17.9 Å². The van der Waals surface area contributed by atoms with Crippen molar-refractivity contribution in [3.8, 4) is 0 Å². The Bertz CT molecular complexity index is 338. The van der Waals surface area contributed by atoms with Gasteiger partial charge in [0, 0.05) is 39.1 Å². The maximum Gasteiger partial charge on any atom is 0.305 e. The maximum atomic E-state index is 11.8. The van der Waals surface area contributed by atoms with Crippen LogP contribution in [-0.2, 0) is 19.7 Å². The van der Waals surface area contributed by atoms with Crippen LogP contribution in [0.25, 0.3) is 0 Å². The van der Waals surface area contributed by atoms with Gasteiger partial charge in [-0.25, -0.2) is 4.72 Å². The molecule has 0 aliphatic carbocycles. The van der Waals surface area contributed by atoms with Crippen LogP contribution in [0.2, 0.25) is 0 Å². The molecule has 17 heavy (non-hydrogen) atoms. The fourth-order valence-electron chi connectivity index (χ4n) is 1.51. The van der Waals surface area contributed by atoms with Gasteiger partial charge in [0.05, 0.1) is 7.11 Å². The molecule has 1 rings (SSSR count). The molecule has 1 aliphatic rings. The lowest BCUT2D eigenvalue weighted by Gasteiger charge is -2.26. The molecule has 1 saturated heterocycles. The lowest BCUT2D eigenvalue weighted by Crippen LogP contribution is -2.50. The van der Waals surface area contributed by atoms with Crippen LogP contribution in [0, 0.1) is 0 Å². The highest BCUT2D eigenvalue weighted by atomic mass is 32.2. The van der Waals surface area contributed by atoms with Crippen molar-refractivity contribution in [1.29, 1.82) is 0 Å². The van der Waals surface area contributed by atoms with Crippen molar-refractivity contribution in [2.24, 2.45) is 0 Å². The minimum atomic E-state index is -3.40. The van der Waals surface area contributed by atoms with Crippen molar-refractivity contribution >= 4 is 16.2 Å². The zero-order valence-electron chi connectivity index (χ0n) is 9.94. The van der Waals surface area contributed by atoms with Gasteiger partial charge < -0.3 is 10.1 Å². The average molecular weight is 265 g/mol. The normalized spacial score (nSPS) is 17.9. The Morgan fingerprint density at radius 3 is 2.65 bits per heavy atom. The predicted octanol–water partition coefficient (Wildman–Crippen LogP) is -1.32. The Kier molecular flexibility index (Phi) is 5.83. The maximum absolute atomic E-state index is 11.8. The largest absolute Gasteiger partial charge is 0.469 e. The Morgan fingerprint density at radius 2 is 2.06 bits per heavy atom. The van der Waals surface area contributed by atoms with E-state index in [0.717, 1.165) is 0 Å². The number of ether oxygens (including phenoxy) is 1. The van der Waals surface area contributed by atoms with E-state index in [0.29, 0.717) is 32.6 Å². The topological polar surface area (TPSA) is 87.7 Å². The molecule has 0 saturated carbocycles. The van der Waals surface area contributed by atoms with E-state index in [-0.39, 0.29) is 18.9 Å². The summed E-state index contributed by atoms with van der Waals surface area (Å²) in [6.07, 6.45) is 0.665. The lowest BCUT2D eigenvalue weighted by atomic mass is 10.3. The number of nitrogens with zero attached hydrogens (tertiary/aromatic N) is 1. The number of nitrogens with one attached hydrogen (secondary N) is 2. The first-order chi connectivity index (χ1) is 8.06. The highest BCUT2D eigenvalue weighted by molar-refractivity contribution is 7.87. The molecule has 7 nitrogen and oxygen atoms in total. The number of carbonyl (C=O) groups excluding carboxylic acids is 1. The van der Waals surface area contributed by atoms with Crippen molar-refractivity contribution in [3.05, 3.63) is 0 Å². The molecule has 0 amide bonds. The Labute approximate surface area is 102 Å². The number of rotatable bonds is 6. The molecule has 0 unspecified atom stereocenters. The molecule has 0 aromatic rings. The second-order valence-corrected chi connectivity index (χ2v) is 5.48. The molecule has 1 aliphatic heterocycles. The Balaban J connectivity index is 2.26. The van der Waals surface area contributed by atoms with E-state index >= 15 is 0 Å². The monoisotopic (exact) mass is 265 g/mol. The minimum Gasteiger partial charge on any atom is -0.469 e. The molecule has 1 heterocycles. The van der Waals surface area contributed by atoms with E-state index in [1.807, 2.05) is 0 Å². The number of piperazine rings is 1. The summed E-state index contributed by atoms with van der Waals surface area (Å²) in [6, 6.07) is 0. The van der Waals surface area contributed by atoms with Crippen LogP contribution in [0.4, 0.5) is 0 Å². The van der Waals surface area contributed by atoms with Crippen LogP contribution >= 0.6 is 0 Å². The molecule has 0 bridgehead atoms. The van der Waals surface area contributed by atoms with Gasteiger partial charge in [0.1, 0.15) is 0 Å². The molecular formula is C9H19N3O4S. The second kappa shape index (κ2) is 6.90. The van der Waals surface area contributed by atoms with Gasteiger partial charge in [-0.15, -0.1) is 0 Å². The molecule has 0 atom stereocenters. The molecule has 0 aromatic carbocycles. The first kappa shape index (κ1) is 14.4. The van der Waals surface area contributed by atoms with Gasteiger partial charge in [0.2, 0.25) is 0 Å². The fraction of sp³-hybridized carbons (Fsp3) is 0.889. The van der Waals surface area contributed by atoms with Gasteiger partial charge in [-0.1, -0.05) is 0 Å². The van der Waals surface area contributed by atoms with E-state index in [1.54, 1.807) is 0 Å².